The third-order valence-electron chi connectivity index (χ3n) is 3.44. The molecule has 1 aromatic carbocycles. The number of thioether (sulfide) groups is 1. The first kappa shape index (κ1) is 15.5. The van der Waals surface area contributed by atoms with Crippen LogP contribution < -0.4 is 5.73 Å². The highest BCUT2D eigenvalue weighted by molar-refractivity contribution is 8.00. The smallest absolute Gasteiger partial charge is 0.0500 e. The number of halogens is 2. The zero-order chi connectivity index (χ0) is 14.0. The van der Waals surface area contributed by atoms with Gasteiger partial charge < -0.3 is 5.73 Å². The molecule has 19 heavy (non-hydrogen) atoms. The fourth-order valence-corrected chi connectivity index (χ4v) is 4.75. The second kappa shape index (κ2) is 6.68. The molecule has 1 saturated heterocycles. The largest absolute Gasteiger partial charge is 0.329 e. The Labute approximate surface area is 129 Å². The summed E-state index contributed by atoms with van der Waals surface area (Å²) in [5.41, 5.74) is 6.97. The van der Waals surface area contributed by atoms with Crippen molar-refractivity contribution >= 4 is 35.0 Å². The number of nitrogens with zero attached hydrogens (tertiary/aromatic N) is 1. The van der Waals surface area contributed by atoms with E-state index in [0.29, 0.717) is 27.1 Å². The molecule has 1 fully saturated rings. The van der Waals surface area contributed by atoms with Gasteiger partial charge in [-0.25, -0.2) is 0 Å². The van der Waals surface area contributed by atoms with Crippen LogP contribution in [0.15, 0.2) is 18.2 Å². The summed E-state index contributed by atoms with van der Waals surface area (Å²) in [6.45, 7) is 7.11. The maximum absolute atomic E-state index is 6.32. The summed E-state index contributed by atoms with van der Waals surface area (Å²) >= 11 is 14.7. The van der Waals surface area contributed by atoms with Crippen LogP contribution in [0.3, 0.4) is 0 Å². The predicted molar refractivity (Wildman–Crippen MR) is 86.3 cm³/mol. The normalized spacial score (nSPS) is 26.4. The number of nitrogens with two attached hydrogens (primary N) is 1. The summed E-state index contributed by atoms with van der Waals surface area (Å²) in [7, 11) is 0. The van der Waals surface area contributed by atoms with Crippen molar-refractivity contribution in [3.8, 4) is 0 Å². The molecule has 2 nitrogen and oxygen atoms in total. The van der Waals surface area contributed by atoms with Crippen molar-refractivity contribution in [3.63, 3.8) is 0 Å². The fourth-order valence-electron chi connectivity index (χ4n) is 2.75. The van der Waals surface area contributed by atoms with E-state index in [0.717, 1.165) is 18.7 Å². The summed E-state index contributed by atoms with van der Waals surface area (Å²) in [5.74, 6) is 0. The minimum Gasteiger partial charge on any atom is -0.329 e. The third-order valence-corrected chi connectivity index (χ3v) is 5.33. The molecule has 2 rings (SSSR count). The van der Waals surface area contributed by atoms with Gasteiger partial charge in [-0.1, -0.05) is 43.1 Å². The summed E-state index contributed by atoms with van der Waals surface area (Å²) in [6, 6.07) is 5.75. The summed E-state index contributed by atoms with van der Waals surface area (Å²) in [6.07, 6.45) is 0. The zero-order valence-electron chi connectivity index (χ0n) is 11.3. The Hall–Kier alpha value is 0.0700. The average Bonchev–Trinajstić information content (AvgIpc) is 2.32. The van der Waals surface area contributed by atoms with Crippen LogP contribution in [0.4, 0.5) is 0 Å². The second-order valence-corrected chi connectivity index (χ2v) is 7.79. The van der Waals surface area contributed by atoms with E-state index in [1.807, 2.05) is 30.0 Å². The van der Waals surface area contributed by atoms with E-state index in [1.165, 1.54) is 0 Å². The van der Waals surface area contributed by atoms with Gasteiger partial charge in [0.15, 0.2) is 0 Å². The van der Waals surface area contributed by atoms with E-state index < -0.39 is 0 Å². The highest BCUT2D eigenvalue weighted by atomic mass is 35.5. The molecule has 1 aliphatic heterocycles. The van der Waals surface area contributed by atoms with Crippen LogP contribution >= 0.6 is 35.0 Å². The van der Waals surface area contributed by atoms with Gasteiger partial charge in [0.1, 0.15) is 0 Å². The Balaban J connectivity index is 2.29. The van der Waals surface area contributed by atoms with E-state index in [1.54, 1.807) is 0 Å². The highest BCUT2D eigenvalue weighted by Crippen LogP contribution is 2.36. The van der Waals surface area contributed by atoms with Crippen LogP contribution in [0, 0.1) is 0 Å². The lowest BCUT2D eigenvalue weighted by atomic mass is 10.0. The van der Waals surface area contributed by atoms with Gasteiger partial charge in [0, 0.05) is 45.7 Å². The third kappa shape index (κ3) is 3.59. The standard InChI is InChI=1S/C14H20Cl2N2S/c1-9-7-18(8-10(2)19-9)13(6-17)14-11(15)4-3-5-12(14)16/h3-5,9-10,13H,6-8,17H2,1-2H3. The molecule has 106 valence electrons. The first-order valence-electron chi connectivity index (χ1n) is 6.56. The van der Waals surface area contributed by atoms with Crippen LogP contribution in [0.2, 0.25) is 10.0 Å². The van der Waals surface area contributed by atoms with Crippen molar-refractivity contribution in [1.29, 1.82) is 0 Å². The van der Waals surface area contributed by atoms with Crippen LogP contribution in [-0.2, 0) is 0 Å². The van der Waals surface area contributed by atoms with Crippen molar-refractivity contribution in [3.05, 3.63) is 33.8 Å². The lowest BCUT2D eigenvalue weighted by molar-refractivity contribution is 0.199. The van der Waals surface area contributed by atoms with Crippen molar-refractivity contribution in [1.82, 2.24) is 4.90 Å². The molecule has 0 bridgehead atoms. The van der Waals surface area contributed by atoms with E-state index in [2.05, 4.69) is 18.7 Å². The molecular weight excluding hydrogens is 299 g/mol. The number of benzene rings is 1. The average molecular weight is 319 g/mol. The van der Waals surface area contributed by atoms with Gasteiger partial charge in [-0.05, 0) is 12.1 Å². The SMILES string of the molecule is CC1CN(C(CN)c2c(Cl)cccc2Cl)CC(C)S1. The summed E-state index contributed by atoms with van der Waals surface area (Å²) < 4.78 is 0. The fraction of sp³-hybridized carbons (Fsp3) is 0.571. The molecular formula is C14H20Cl2N2S. The summed E-state index contributed by atoms with van der Waals surface area (Å²) in [4.78, 5) is 2.42. The molecule has 0 aromatic heterocycles. The van der Waals surface area contributed by atoms with Crippen LogP contribution in [0.25, 0.3) is 0 Å². The van der Waals surface area contributed by atoms with Crippen LogP contribution in [0.5, 0.6) is 0 Å². The topological polar surface area (TPSA) is 29.3 Å². The molecule has 0 spiro atoms. The molecule has 1 aromatic rings. The molecule has 1 aliphatic rings. The predicted octanol–water partition coefficient (Wildman–Crippen LogP) is 3.82. The van der Waals surface area contributed by atoms with E-state index in [9.17, 15) is 0 Å². The van der Waals surface area contributed by atoms with Crippen LogP contribution in [-0.4, -0.2) is 35.0 Å². The lowest BCUT2D eigenvalue weighted by Crippen LogP contribution is -2.44. The molecule has 0 amide bonds. The minimum absolute atomic E-state index is 0.104. The van der Waals surface area contributed by atoms with Crippen molar-refractivity contribution in [2.75, 3.05) is 19.6 Å². The maximum atomic E-state index is 6.32. The first-order chi connectivity index (χ1) is 9.02. The van der Waals surface area contributed by atoms with Gasteiger partial charge in [-0.2, -0.15) is 11.8 Å². The van der Waals surface area contributed by atoms with E-state index in [-0.39, 0.29) is 6.04 Å². The van der Waals surface area contributed by atoms with Crippen molar-refractivity contribution in [2.45, 2.75) is 30.4 Å². The Morgan fingerprint density at radius 2 is 1.79 bits per heavy atom. The van der Waals surface area contributed by atoms with Gasteiger partial charge in [0.05, 0.1) is 6.04 Å². The molecule has 3 unspecified atom stereocenters. The molecule has 0 radical (unpaired) electrons. The van der Waals surface area contributed by atoms with Crippen LogP contribution in [0.1, 0.15) is 25.5 Å². The Bertz CT molecular complexity index is 411. The molecule has 3 atom stereocenters. The number of rotatable bonds is 3. The van der Waals surface area contributed by atoms with Crippen molar-refractivity contribution < 1.29 is 0 Å². The Kier molecular flexibility index (Phi) is 5.44. The van der Waals surface area contributed by atoms with Gasteiger partial charge in [0.2, 0.25) is 0 Å². The second-order valence-electron chi connectivity index (χ2n) is 5.10. The van der Waals surface area contributed by atoms with E-state index >= 15 is 0 Å². The number of hydrogen-bond donors (Lipinski definition) is 1. The highest BCUT2D eigenvalue weighted by Gasteiger charge is 2.30. The monoisotopic (exact) mass is 318 g/mol. The molecule has 1 heterocycles. The molecule has 0 aliphatic carbocycles. The summed E-state index contributed by atoms with van der Waals surface area (Å²) in [5, 5.41) is 2.64. The Morgan fingerprint density at radius 3 is 2.26 bits per heavy atom. The Morgan fingerprint density at radius 1 is 1.26 bits per heavy atom. The zero-order valence-corrected chi connectivity index (χ0v) is 13.6. The van der Waals surface area contributed by atoms with Crippen molar-refractivity contribution in [2.24, 2.45) is 5.73 Å². The van der Waals surface area contributed by atoms with Gasteiger partial charge >= 0.3 is 0 Å². The van der Waals surface area contributed by atoms with Gasteiger partial charge in [-0.3, -0.25) is 4.90 Å². The number of hydrogen-bond acceptors (Lipinski definition) is 3. The maximum Gasteiger partial charge on any atom is 0.0500 e. The van der Waals surface area contributed by atoms with Gasteiger partial charge in [0.25, 0.3) is 0 Å². The first-order valence-corrected chi connectivity index (χ1v) is 8.26. The van der Waals surface area contributed by atoms with E-state index in [4.69, 9.17) is 28.9 Å². The molecule has 0 saturated carbocycles. The quantitative estimate of drug-likeness (QED) is 0.918. The molecule has 2 N–H and O–H groups in total. The minimum atomic E-state index is 0.104. The lowest BCUT2D eigenvalue weighted by Gasteiger charge is -2.40. The van der Waals surface area contributed by atoms with Gasteiger partial charge in [-0.15, -0.1) is 0 Å². The molecule has 5 heteroatoms.